The third-order valence-electron chi connectivity index (χ3n) is 4.55. The number of anilines is 1. The van der Waals surface area contributed by atoms with Gasteiger partial charge in [-0.2, -0.15) is 0 Å². The standard InChI is InChI=1S/C17H20N4O3/c22-16(13-7-9-23-11-13)21-8-6-14(10-21)18-17-20-19-15(24-17)12-4-2-1-3-5-12/h1-5,13-14H,6-11H2,(H,18,20). The second-order valence-electron chi connectivity index (χ2n) is 6.25. The summed E-state index contributed by atoms with van der Waals surface area (Å²) in [6, 6.07) is 10.2. The maximum Gasteiger partial charge on any atom is 0.316 e. The summed E-state index contributed by atoms with van der Waals surface area (Å²) in [7, 11) is 0. The van der Waals surface area contributed by atoms with Crippen LogP contribution in [-0.2, 0) is 9.53 Å². The molecule has 2 fully saturated rings. The summed E-state index contributed by atoms with van der Waals surface area (Å²) in [4.78, 5) is 14.3. The zero-order valence-electron chi connectivity index (χ0n) is 13.4. The average Bonchev–Trinajstić information content (AvgIpc) is 3.37. The summed E-state index contributed by atoms with van der Waals surface area (Å²) in [5.74, 6) is 0.719. The van der Waals surface area contributed by atoms with E-state index in [2.05, 4.69) is 15.5 Å². The lowest BCUT2D eigenvalue weighted by molar-refractivity contribution is -0.134. The number of rotatable bonds is 4. The predicted molar refractivity (Wildman–Crippen MR) is 87.3 cm³/mol. The van der Waals surface area contributed by atoms with E-state index in [-0.39, 0.29) is 17.9 Å². The van der Waals surface area contributed by atoms with Gasteiger partial charge in [0.05, 0.1) is 12.5 Å². The number of hydrogen-bond acceptors (Lipinski definition) is 6. The van der Waals surface area contributed by atoms with Crippen LogP contribution in [0, 0.1) is 5.92 Å². The van der Waals surface area contributed by atoms with Crippen molar-refractivity contribution in [1.29, 1.82) is 0 Å². The van der Waals surface area contributed by atoms with Gasteiger partial charge >= 0.3 is 6.01 Å². The number of likely N-dealkylation sites (tertiary alicyclic amines) is 1. The maximum absolute atomic E-state index is 12.4. The molecule has 1 N–H and O–H groups in total. The molecule has 2 aliphatic heterocycles. The highest BCUT2D eigenvalue weighted by Gasteiger charge is 2.33. The predicted octanol–water partition coefficient (Wildman–Crippen LogP) is 1.79. The van der Waals surface area contributed by atoms with E-state index in [9.17, 15) is 4.79 Å². The fraction of sp³-hybridized carbons (Fsp3) is 0.471. The molecule has 7 nitrogen and oxygen atoms in total. The average molecular weight is 328 g/mol. The number of aromatic nitrogens is 2. The van der Waals surface area contributed by atoms with Gasteiger partial charge in [-0.05, 0) is 25.0 Å². The summed E-state index contributed by atoms with van der Waals surface area (Å²) >= 11 is 0. The van der Waals surface area contributed by atoms with Crippen LogP contribution in [-0.4, -0.2) is 53.3 Å². The Balaban J connectivity index is 1.35. The van der Waals surface area contributed by atoms with Crippen LogP contribution in [0.15, 0.2) is 34.7 Å². The van der Waals surface area contributed by atoms with Crippen molar-refractivity contribution < 1.29 is 13.9 Å². The first-order valence-corrected chi connectivity index (χ1v) is 8.31. The number of carbonyl (C=O) groups is 1. The first-order valence-electron chi connectivity index (χ1n) is 8.31. The van der Waals surface area contributed by atoms with Crippen LogP contribution in [0.5, 0.6) is 0 Å². The SMILES string of the molecule is O=C(C1CCOC1)N1CCC(Nc2nnc(-c3ccccc3)o2)C1. The van der Waals surface area contributed by atoms with Gasteiger partial charge < -0.3 is 19.4 Å². The molecular formula is C17H20N4O3. The Kier molecular flexibility index (Phi) is 4.17. The first-order chi connectivity index (χ1) is 11.8. The van der Waals surface area contributed by atoms with Gasteiger partial charge in [0.2, 0.25) is 11.8 Å². The van der Waals surface area contributed by atoms with E-state index in [0.29, 0.717) is 31.7 Å². The zero-order chi connectivity index (χ0) is 16.4. The van der Waals surface area contributed by atoms with Gasteiger partial charge in [-0.25, -0.2) is 0 Å². The van der Waals surface area contributed by atoms with Crippen molar-refractivity contribution in [2.75, 3.05) is 31.6 Å². The minimum atomic E-state index is 0.0248. The Hall–Kier alpha value is -2.41. The monoisotopic (exact) mass is 328 g/mol. The maximum atomic E-state index is 12.4. The van der Waals surface area contributed by atoms with Gasteiger partial charge in [0, 0.05) is 31.3 Å². The lowest BCUT2D eigenvalue weighted by Crippen LogP contribution is -2.36. The molecule has 24 heavy (non-hydrogen) atoms. The molecular weight excluding hydrogens is 308 g/mol. The quantitative estimate of drug-likeness (QED) is 0.921. The molecule has 126 valence electrons. The number of amides is 1. The number of hydrogen-bond donors (Lipinski definition) is 1. The van der Waals surface area contributed by atoms with Crippen molar-refractivity contribution in [1.82, 2.24) is 15.1 Å². The van der Waals surface area contributed by atoms with Crippen LogP contribution in [0.3, 0.4) is 0 Å². The van der Waals surface area contributed by atoms with E-state index >= 15 is 0 Å². The normalized spacial score (nSPS) is 23.6. The Labute approximate surface area is 140 Å². The molecule has 2 unspecified atom stereocenters. The minimum Gasteiger partial charge on any atom is -0.403 e. The molecule has 1 aromatic carbocycles. The highest BCUT2D eigenvalue weighted by molar-refractivity contribution is 5.79. The smallest absolute Gasteiger partial charge is 0.316 e. The van der Waals surface area contributed by atoms with Crippen molar-refractivity contribution in [3.8, 4) is 11.5 Å². The summed E-state index contributed by atoms with van der Waals surface area (Å²) in [5.41, 5.74) is 0.891. The fourth-order valence-corrected chi connectivity index (χ4v) is 3.22. The summed E-state index contributed by atoms with van der Waals surface area (Å²) in [6.45, 7) is 2.67. The van der Waals surface area contributed by atoms with Crippen molar-refractivity contribution in [3.05, 3.63) is 30.3 Å². The molecule has 0 saturated carbocycles. The summed E-state index contributed by atoms with van der Waals surface area (Å²) in [6.07, 6.45) is 1.71. The van der Waals surface area contributed by atoms with E-state index in [1.54, 1.807) is 0 Å². The zero-order valence-corrected chi connectivity index (χ0v) is 13.4. The van der Waals surface area contributed by atoms with Gasteiger partial charge in [-0.15, -0.1) is 5.10 Å². The topological polar surface area (TPSA) is 80.5 Å². The number of carbonyl (C=O) groups excluding carboxylic acids is 1. The van der Waals surface area contributed by atoms with Crippen LogP contribution < -0.4 is 5.32 Å². The van der Waals surface area contributed by atoms with Crippen LogP contribution in [0.2, 0.25) is 0 Å². The molecule has 1 amide bonds. The first kappa shape index (κ1) is 15.1. The van der Waals surface area contributed by atoms with Crippen molar-refractivity contribution >= 4 is 11.9 Å². The van der Waals surface area contributed by atoms with E-state index < -0.39 is 0 Å². The van der Waals surface area contributed by atoms with Gasteiger partial charge in [-0.3, -0.25) is 4.79 Å². The second-order valence-corrected chi connectivity index (χ2v) is 6.25. The van der Waals surface area contributed by atoms with E-state index in [1.807, 2.05) is 35.2 Å². The van der Waals surface area contributed by atoms with Gasteiger partial charge in [-0.1, -0.05) is 23.3 Å². The lowest BCUT2D eigenvalue weighted by Gasteiger charge is -2.19. The molecule has 2 saturated heterocycles. The van der Waals surface area contributed by atoms with E-state index in [0.717, 1.165) is 24.9 Å². The van der Waals surface area contributed by atoms with Crippen LogP contribution >= 0.6 is 0 Å². The van der Waals surface area contributed by atoms with Gasteiger partial charge in [0.15, 0.2) is 0 Å². The molecule has 1 aromatic heterocycles. The fourth-order valence-electron chi connectivity index (χ4n) is 3.22. The highest BCUT2D eigenvalue weighted by Crippen LogP contribution is 2.23. The Morgan fingerprint density at radius 3 is 2.88 bits per heavy atom. The molecule has 2 aliphatic rings. The molecule has 3 heterocycles. The molecule has 2 atom stereocenters. The number of ether oxygens (including phenoxy) is 1. The number of nitrogens with one attached hydrogen (secondary N) is 1. The molecule has 7 heteroatoms. The molecule has 0 radical (unpaired) electrons. The summed E-state index contributed by atoms with van der Waals surface area (Å²) < 4.78 is 11.0. The Morgan fingerprint density at radius 2 is 2.08 bits per heavy atom. The summed E-state index contributed by atoms with van der Waals surface area (Å²) in [5, 5.41) is 11.4. The van der Waals surface area contributed by atoms with Crippen molar-refractivity contribution in [3.63, 3.8) is 0 Å². The molecule has 0 aliphatic carbocycles. The molecule has 0 bridgehead atoms. The van der Waals surface area contributed by atoms with Crippen LogP contribution in [0.25, 0.3) is 11.5 Å². The van der Waals surface area contributed by atoms with Gasteiger partial charge in [0.25, 0.3) is 0 Å². The highest BCUT2D eigenvalue weighted by atomic mass is 16.5. The Bertz CT molecular complexity index is 697. The Morgan fingerprint density at radius 1 is 1.21 bits per heavy atom. The van der Waals surface area contributed by atoms with Crippen LogP contribution in [0.4, 0.5) is 6.01 Å². The van der Waals surface area contributed by atoms with E-state index in [1.165, 1.54) is 0 Å². The largest absolute Gasteiger partial charge is 0.403 e. The lowest BCUT2D eigenvalue weighted by atomic mass is 10.1. The van der Waals surface area contributed by atoms with E-state index in [4.69, 9.17) is 9.15 Å². The minimum absolute atomic E-state index is 0.0248. The third kappa shape index (κ3) is 3.12. The van der Waals surface area contributed by atoms with Crippen molar-refractivity contribution in [2.45, 2.75) is 18.9 Å². The van der Waals surface area contributed by atoms with Gasteiger partial charge in [0.1, 0.15) is 0 Å². The third-order valence-corrected chi connectivity index (χ3v) is 4.55. The number of nitrogens with zero attached hydrogens (tertiary/aromatic N) is 3. The molecule has 2 aromatic rings. The molecule has 0 spiro atoms. The second kappa shape index (κ2) is 6.60. The van der Waals surface area contributed by atoms with Crippen LogP contribution in [0.1, 0.15) is 12.8 Å². The van der Waals surface area contributed by atoms with Crippen molar-refractivity contribution in [2.24, 2.45) is 5.92 Å². The molecule has 4 rings (SSSR count). The number of benzene rings is 1.